The first-order valence-corrected chi connectivity index (χ1v) is 6.29. The molecule has 3 nitrogen and oxygen atoms in total. The Labute approximate surface area is 92.0 Å². The van der Waals surface area contributed by atoms with Gasteiger partial charge in [0.1, 0.15) is 0 Å². The van der Waals surface area contributed by atoms with Crippen LogP contribution < -0.4 is 0 Å². The van der Waals surface area contributed by atoms with Crippen molar-refractivity contribution in [2.75, 3.05) is 6.26 Å². The van der Waals surface area contributed by atoms with E-state index in [1.165, 1.54) is 12.1 Å². The molecule has 88 valence electrons. The number of hydrogen-bond acceptors (Lipinski definition) is 3. The van der Waals surface area contributed by atoms with Crippen LogP contribution in [0, 0.1) is 0 Å². The zero-order valence-electron chi connectivity index (χ0n) is 8.48. The fraction of sp³-hybridized carbons (Fsp3) is 0.300. The normalized spacial score (nSPS) is 12.4. The smallest absolute Gasteiger partial charge is 0.291 e. The van der Waals surface area contributed by atoms with Gasteiger partial charge in [0.2, 0.25) is 15.6 Å². The van der Waals surface area contributed by atoms with Crippen LogP contribution in [0.15, 0.2) is 30.3 Å². The number of hydrogen-bond donors (Lipinski definition) is 0. The predicted octanol–water partition coefficient (Wildman–Crippen LogP) is 1.44. The molecule has 6 heteroatoms. The summed E-state index contributed by atoms with van der Waals surface area (Å²) >= 11 is 0. The molecule has 1 aromatic rings. The number of Topliss-reactive ketones (excluding diaryl/α,β-unsaturated/α-hetero) is 1. The lowest BCUT2D eigenvalue weighted by Gasteiger charge is -2.12. The number of benzene rings is 1. The molecule has 16 heavy (non-hydrogen) atoms. The van der Waals surface area contributed by atoms with Crippen LogP contribution in [0.2, 0.25) is 0 Å². The number of carbonyl (C=O) groups excluding carboxylic acids is 1. The maximum absolute atomic E-state index is 13.1. The van der Waals surface area contributed by atoms with Crippen molar-refractivity contribution in [3.05, 3.63) is 35.9 Å². The van der Waals surface area contributed by atoms with E-state index in [1.807, 2.05) is 0 Å². The minimum atomic E-state index is -4.70. The van der Waals surface area contributed by atoms with Crippen LogP contribution in [-0.4, -0.2) is 25.7 Å². The minimum absolute atomic E-state index is 0.343. The molecule has 0 atom stereocenters. The van der Waals surface area contributed by atoms with Crippen molar-refractivity contribution in [3.63, 3.8) is 0 Å². The second kappa shape index (κ2) is 4.29. The number of sulfone groups is 1. The highest BCUT2D eigenvalue weighted by molar-refractivity contribution is 7.92. The van der Waals surface area contributed by atoms with Gasteiger partial charge in [-0.05, 0) is 5.56 Å². The monoisotopic (exact) mass is 248 g/mol. The van der Waals surface area contributed by atoms with E-state index in [9.17, 15) is 22.0 Å². The van der Waals surface area contributed by atoms with E-state index in [1.54, 1.807) is 18.2 Å². The summed E-state index contributed by atoms with van der Waals surface area (Å²) in [4.78, 5) is 11.2. The average molecular weight is 248 g/mol. The second-order valence-electron chi connectivity index (χ2n) is 3.37. The van der Waals surface area contributed by atoms with Gasteiger partial charge >= 0.3 is 5.25 Å². The van der Waals surface area contributed by atoms with Gasteiger partial charge in [-0.25, -0.2) is 8.42 Å². The minimum Gasteiger partial charge on any atom is -0.291 e. The van der Waals surface area contributed by atoms with Crippen molar-refractivity contribution in [1.82, 2.24) is 0 Å². The predicted molar refractivity (Wildman–Crippen MR) is 54.9 cm³/mol. The highest BCUT2D eigenvalue weighted by Crippen LogP contribution is 2.23. The molecule has 1 rings (SSSR count). The van der Waals surface area contributed by atoms with Gasteiger partial charge in [-0.3, -0.25) is 4.79 Å². The number of ketones is 1. The summed E-state index contributed by atoms with van der Waals surface area (Å²) in [7, 11) is -4.70. The maximum Gasteiger partial charge on any atom is 0.402 e. The molecule has 0 aliphatic carbocycles. The first-order valence-electron chi connectivity index (χ1n) is 4.40. The highest BCUT2D eigenvalue weighted by atomic mass is 32.2. The Kier molecular flexibility index (Phi) is 3.42. The molecule has 1 aromatic carbocycles. The number of alkyl halides is 2. The topological polar surface area (TPSA) is 51.2 Å². The van der Waals surface area contributed by atoms with Crippen molar-refractivity contribution in [2.45, 2.75) is 11.7 Å². The Balaban J connectivity index is 2.90. The molecule has 0 aliphatic heterocycles. The van der Waals surface area contributed by atoms with E-state index < -0.39 is 27.3 Å². The Morgan fingerprint density at radius 2 is 1.75 bits per heavy atom. The summed E-state index contributed by atoms with van der Waals surface area (Å²) in [6.07, 6.45) is -0.253. The molecule has 0 radical (unpaired) electrons. The van der Waals surface area contributed by atoms with Gasteiger partial charge in [0.05, 0.1) is 0 Å². The van der Waals surface area contributed by atoms with E-state index in [0.29, 0.717) is 11.8 Å². The maximum atomic E-state index is 13.1. The lowest BCUT2D eigenvalue weighted by molar-refractivity contribution is -0.132. The summed E-state index contributed by atoms with van der Waals surface area (Å²) in [6, 6.07) is 7.80. The molecule has 0 aliphatic rings. The SMILES string of the molecule is CS(=O)(=O)C(F)(F)C(=O)Cc1ccccc1. The third-order valence-corrected chi connectivity index (χ3v) is 3.16. The number of halogens is 2. The summed E-state index contributed by atoms with van der Waals surface area (Å²) < 4.78 is 47.6. The summed E-state index contributed by atoms with van der Waals surface area (Å²) in [5.41, 5.74) is 0.357. The van der Waals surface area contributed by atoms with Crippen LogP contribution in [0.3, 0.4) is 0 Å². The largest absolute Gasteiger partial charge is 0.402 e. The molecule has 0 spiro atoms. The van der Waals surface area contributed by atoms with Crippen molar-refractivity contribution in [2.24, 2.45) is 0 Å². The Hall–Kier alpha value is -1.30. The highest BCUT2D eigenvalue weighted by Gasteiger charge is 2.48. The molecule has 0 saturated heterocycles. The van der Waals surface area contributed by atoms with Gasteiger partial charge in [0.15, 0.2) is 0 Å². The standard InChI is InChI=1S/C10H10F2O3S/c1-16(14,15)10(11,12)9(13)7-8-5-3-2-4-6-8/h2-6H,7H2,1H3. The van der Waals surface area contributed by atoms with Gasteiger partial charge < -0.3 is 0 Å². The third-order valence-electron chi connectivity index (χ3n) is 2.00. The van der Waals surface area contributed by atoms with Gasteiger partial charge in [-0.2, -0.15) is 8.78 Å². The number of carbonyl (C=O) groups is 1. The Morgan fingerprint density at radius 3 is 2.19 bits per heavy atom. The fourth-order valence-electron chi connectivity index (χ4n) is 1.09. The molecule has 0 aromatic heterocycles. The van der Waals surface area contributed by atoms with E-state index >= 15 is 0 Å². The van der Waals surface area contributed by atoms with Crippen molar-refractivity contribution >= 4 is 15.6 Å². The van der Waals surface area contributed by atoms with E-state index in [0.717, 1.165) is 0 Å². The molecule has 0 unspecified atom stereocenters. The van der Waals surface area contributed by atoms with Gasteiger partial charge in [-0.15, -0.1) is 0 Å². The molecule has 0 fully saturated rings. The fourth-order valence-corrected chi connectivity index (χ4v) is 1.58. The van der Waals surface area contributed by atoms with Crippen molar-refractivity contribution < 1.29 is 22.0 Å². The third kappa shape index (κ3) is 2.63. The molecule has 0 bridgehead atoms. The lowest BCUT2D eigenvalue weighted by Crippen LogP contribution is -2.38. The van der Waals surface area contributed by atoms with Crippen molar-refractivity contribution in [3.8, 4) is 0 Å². The quantitative estimate of drug-likeness (QED) is 0.810. The van der Waals surface area contributed by atoms with Crippen LogP contribution in [0.5, 0.6) is 0 Å². The van der Waals surface area contributed by atoms with Crippen LogP contribution in [0.4, 0.5) is 8.78 Å². The molecular formula is C10H10F2O3S. The van der Waals surface area contributed by atoms with Gasteiger partial charge in [-0.1, -0.05) is 30.3 Å². The average Bonchev–Trinajstić information content (AvgIpc) is 2.17. The zero-order chi connectivity index (χ0) is 12.4. The van der Waals surface area contributed by atoms with Gasteiger partial charge in [0, 0.05) is 12.7 Å². The molecule has 0 amide bonds. The van der Waals surface area contributed by atoms with Crippen molar-refractivity contribution in [1.29, 1.82) is 0 Å². The Morgan fingerprint density at radius 1 is 1.25 bits per heavy atom. The second-order valence-corrected chi connectivity index (χ2v) is 5.43. The molecule has 0 saturated carbocycles. The van der Waals surface area contributed by atoms with E-state index in [2.05, 4.69) is 0 Å². The number of rotatable bonds is 4. The molecule has 0 N–H and O–H groups in total. The van der Waals surface area contributed by atoms with Crippen LogP contribution in [0.1, 0.15) is 5.56 Å². The van der Waals surface area contributed by atoms with Crippen LogP contribution >= 0.6 is 0 Å². The lowest BCUT2D eigenvalue weighted by atomic mass is 10.1. The molecular weight excluding hydrogens is 238 g/mol. The summed E-state index contributed by atoms with van der Waals surface area (Å²) in [5.74, 6) is -1.61. The van der Waals surface area contributed by atoms with Gasteiger partial charge in [0.25, 0.3) is 0 Å². The van der Waals surface area contributed by atoms with E-state index in [4.69, 9.17) is 0 Å². The Bertz CT molecular complexity index is 480. The first-order chi connectivity index (χ1) is 7.25. The zero-order valence-corrected chi connectivity index (χ0v) is 9.30. The molecule has 0 heterocycles. The first kappa shape index (κ1) is 12.8. The summed E-state index contributed by atoms with van der Waals surface area (Å²) in [6.45, 7) is 0. The summed E-state index contributed by atoms with van der Waals surface area (Å²) in [5, 5.41) is -4.32. The van der Waals surface area contributed by atoms with Crippen LogP contribution in [0.25, 0.3) is 0 Å². The van der Waals surface area contributed by atoms with Crippen LogP contribution in [-0.2, 0) is 21.1 Å². The van der Waals surface area contributed by atoms with E-state index in [-0.39, 0.29) is 0 Å².